The summed E-state index contributed by atoms with van der Waals surface area (Å²) in [7, 11) is 1.58. The molecule has 1 amide bonds. The molecular formula is C22H25BrN4O4. The molecule has 9 heteroatoms. The van der Waals surface area contributed by atoms with Crippen molar-refractivity contribution < 1.29 is 19.0 Å². The zero-order valence-corrected chi connectivity index (χ0v) is 19.5. The fraction of sp³-hybridized carbons (Fsp3) is 0.409. The van der Waals surface area contributed by atoms with Crippen LogP contribution in [0.1, 0.15) is 32.4 Å². The molecule has 0 unspecified atom stereocenters. The monoisotopic (exact) mass is 488 g/mol. The first-order valence-corrected chi connectivity index (χ1v) is 10.8. The SMILES string of the molecule is COCOc1ccccc1-c1cc2c(Br)c(C3CN(C(=O)OC(C)(C)C)C3)[nH]c2nn1. The molecule has 0 spiro atoms. The molecule has 0 saturated carbocycles. The van der Waals surface area contributed by atoms with Crippen LogP contribution in [0.15, 0.2) is 34.8 Å². The van der Waals surface area contributed by atoms with Crippen LogP contribution in [0.3, 0.4) is 0 Å². The van der Waals surface area contributed by atoms with Gasteiger partial charge in [0.15, 0.2) is 12.4 Å². The van der Waals surface area contributed by atoms with E-state index in [1.165, 1.54) is 0 Å². The smallest absolute Gasteiger partial charge is 0.410 e. The third-order valence-electron chi connectivity index (χ3n) is 4.96. The van der Waals surface area contributed by atoms with Gasteiger partial charge in [0.1, 0.15) is 11.4 Å². The number of H-pyrrole nitrogens is 1. The van der Waals surface area contributed by atoms with Crippen LogP contribution in [0, 0.1) is 0 Å². The van der Waals surface area contributed by atoms with Crippen LogP contribution in [0.5, 0.6) is 5.75 Å². The maximum atomic E-state index is 12.2. The van der Waals surface area contributed by atoms with Gasteiger partial charge in [0, 0.05) is 47.2 Å². The molecule has 1 aliphatic heterocycles. The largest absolute Gasteiger partial charge is 0.467 e. The van der Waals surface area contributed by atoms with Gasteiger partial charge in [-0.25, -0.2) is 4.79 Å². The van der Waals surface area contributed by atoms with Crippen molar-refractivity contribution in [2.45, 2.75) is 32.3 Å². The van der Waals surface area contributed by atoms with Crippen LogP contribution in [0.2, 0.25) is 0 Å². The van der Waals surface area contributed by atoms with E-state index in [1.807, 2.05) is 51.1 Å². The molecule has 2 aromatic heterocycles. The summed E-state index contributed by atoms with van der Waals surface area (Å²) in [5.41, 5.74) is 2.73. The fourth-order valence-electron chi connectivity index (χ4n) is 3.45. The summed E-state index contributed by atoms with van der Waals surface area (Å²) in [6.45, 7) is 6.94. The van der Waals surface area contributed by atoms with Crippen molar-refractivity contribution in [3.63, 3.8) is 0 Å². The normalized spacial score (nSPS) is 14.5. The van der Waals surface area contributed by atoms with Gasteiger partial charge >= 0.3 is 6.09 Å². The Morgan fingerprint density at radius 3 is 2.71 bits per heavy atom. The second-order valence-electron chi connectivity index (χ2n) is 8.47. The number of aromatic nitrogens is 3. The molecule has 4 rings (SSSR count). The van der Waals surface area contributed by atoms with E-state index in [4.69, 9.17) is 14.2 Å². The van der Waals surface area contributed by atoms with Crippen molar-refractivity contribution >= 4 is 33.1 Å². The number of nitrogens with zero attached hydrogens (tertiary/aromatic N) is 3. The lowest BCUT2D eigenvalue weighted by Gasteiger charge is -2.39. The number of nitrogens with one attached hydrogen (secondary N) is 1. The summed E-state index contributed by atoms with van der Waals surface area (Å²) < 4.78 is 17.1. The number of halogens is 1. The Kier molecular flexibility index (Phi) is 5.90. The number of amides is 1. The minimum Gasteiger partial charge on any atom is -0.467 e. The molecule has 3 heterocycles. The van der Waals surface area contributed by atoms with Gasteiger partial charge in [0.25, 0.3) is 0 Å². The number of benzene rings is 1. The van der Waals surface area contributed by atoms with E-state index in [0.717, 1.165) is 21.1 Å². The van der Waals surface area contributed by atoms with Crippen LogP contribution < -0.4 is 4.74 Å². The Morgan fingerprint density at radius 2 is 2.00 bits per heavy atom. The van der Waals surface area contributed by atoms with E-state index in [0.29, 0.717) is 30.2 Å². The lowest BCUT2D eigenvalue weighted by Crippen LogP contribution is -2.50. The zero-order chi connectivity index (χ0) is 22.2. The minimum atomic E-state index is -0.501. The van der Waals surface area contributed by atoms with Gasteiger partial charge < -0.3 is 24.1 Å². The summed E-state index contributed by atoms with van der Waals surface area (Å²) in [6.07, 6.45) is -0.286. The average molecular weight is 489 g/mol. The van der Waals surface area contributed by atoms with E-state index in [1.54, 1.807) is 12.0 Å². The molecule has 31 heavy (non-hydrogen) atoms. The van der Waals surface area contributed by atoms with E-state index in [-0.39, 0.29) is 18.8 Å². The Balaban J connectivity index is 1.56. The second-order valence-corrected chi connectivity index (χ2v) is 9.27. The van der Waals surface area contributed by atoms with Gasteiger partial charge in [-0.1, -0.05) is 12.1 Å². The molecule has 1 N–H and O–H groups in total. The quantitative estimate of drug-likeness (QED) is 0.523. The maximum Gasteiger partial charge on any atom is 0.410 e. The van der Waals surface area contributed by atoms with Crippen LogP contribution in [0.25, 0.3) is 22.3 Å². The predicted molar refractivity (Wildman–Crippen MR) is 120 cm³/mol. The predicted octanol–water partition coefficient (Wildman–Crippen LogP) is 4.70. The van der Waals surface area contributed by atoms with Crippen molar-refractivity contribution in [1.29, 1.82) is 0 Å². The number of hydrogen-bond donors (Lipinski definition) is 1. The van der Waals surface area contributed by atoms with E-state index in [2.05, 4.69) is 31.1 Å². The molecule has 0 radical (unpaired) electrons. The number of methoxy groups -OCH3 is 1. The van der Waals surface area contributed by atoms with Crippen molar-refractivity contribution in [1.82, 2.24) is 20.1 Å². The fourth-order valence-corrected chi connectivity index (χ4v) is 4.18. The summed E-state index contributed by atoms with van der Waals surface area (Å²) in [4.78, 5) is 17.3. The summed E-state index contributed by atoms with van der Waals surface area (Å²) >= 11 is 3.72. The highest BCUT2D eigenvalue weighted by molar-refractivity contribution is 9.10. The number of likely N-dealkylation sites (tertiary alicyclic amines) is 1. The molecule has 164 valence electrons. The molecule has 0 aliphatic carbocycles. The maximum absolute atomic E-state index is 12.2. The van der Waals surface area contributed by atoms with Crippen LogP contribution in [0.4, 0.5) is 4.79 Å². The molecule has 0 atom stereocenters. The topological polar surface area (TPSA) is 89.6 Å². The Bertz CT molecular complexity index is 1100. The lowest BCUT2D eigenvalue weighted by molar-refractivity contribution is 0.00787. The molecule has 0 bridgehead atoms. The van der Waals surface area contributed by atoms with Gasteiger partial charge in [-0.15, -0.1) is 10.2 Å². The Labute approximate surface area is 189 Å². The number of rotatable bonds is 5. The Hall–Kier alpha value is -2.65. The molecule has 1 aromatic carbocycles. The molecule has 8 nitrogen and oxygen atoms in total. The zero-order valence-electron chi connectivity index (χ0n) is 17.9. The standard InChI is InChI=1S/C22H25BrN4O4/c1-22(2,3)31-21(28)27-10-13(11-27)19-18(23)15-9-16(25-26-20(15)24-19)14-7-5-6-8-17(14)30-12-29-4/h5-9,13H,10-12H2,1-4H3,(H,24,26). The summed E-state index contributed by atoms with van der Waals surface area (Å²) in [6, 6.07) is 9.62. The van der Waals surface area contributed by atoms with Gasteiger partial charge in [-0.3, -0.25) is 0 Å². The highest BCUT2D eigenvalue weighted by atomic mass is 79.9. The first-order valence-electron chi connectivity index (χ1n) is 10.0. The van der Waals surface area contributed by atoms with Crippen LogP contribution >= 0.6 is 15.9 Å². The third kappa shape index (κ3) is 4.52. The van der Waals surface area contributed by atoms with Crippen molar-refractivity contribution in [2.75, 3.05) is 27.0 Å². The number of aromatic amines is 1. The average Bonchev–Trinajstić information content (AvgIpc) is 3.00. The van der Waals surface area contributed by atoms with E-state index >= 15 is 0 Å². The second kappa shape index (κ2) is 8.47. The molecule has 1 fully saturated rings. The number of ether oxygens (including phenoxy) is 3. The minimum absolute atomic E-state index is 0.153. The number of carbonyl (C=O) groups excluding carboxylic acids is 1. The molecule has 1 aliphatic rings. The van der Waals surface area contributed by atoms with Gasteiger partial charge in [0.05, 0.1) is 5.69 Å². The molecule has 3 aromatic rings. The summed E-state index contributed by atoms with van der Waals surface area (Å²) in [5.74, 6) is 0.855. The molecule has 1 saturated heterocycles. The van der Waals surface area contributed by atoms with Crippen molar-refractivity contribution in [3.05, 3.63) is 40.5 Å². The van der Waals surface area contributed by atoms with Crippen LogP contribution in [-0.2, 0) is 9.47 Å². The first kappa shape index (κ1) is 21.6. The van der Waals surface area contributed by atoms with Crippen molar-refractivity contribution in [3.8, 4) is 17.0 Å². The molecular weight excluding hydrogens is 464 g/mol. The lowest BCUT2D eigenvalue weighted by atomic mass is 9.97. The number of para-hydroxylation sites is 1. The first-order chi connectivity index (χ1) is 14.8. The number of carbonyl (C=O) groups is 1. The van der Waals surface area contributed by atoms with Gasteiger partial charge in [-0.05, 0) is 54.9 Å². The summed E-state index contributed by atoms with van der Waals surface area (Å²) in [5, 5.41) is 9.68. The van der Waals surface area contributed by atoms with Crippen molar-refractivity contribution in [2.24, 2.45) is 0 Å². The van der Waals surface area contributed by atoms with E-state index in [9.17, 15) is 4.79 Å². The highest BCUT2D eigenvalue weighted by Gasteiger charge is 2.36. The number of hydrogen-bond acceptors (Lipinski definition) is 6. The Morgan fingerprint density at radius 1 is 1.26 bits per heavy atom. The van der Waals surface area contributed by atoms with E-state index < -0.39 is 5.60 Å². The number of fused-ring (bicyclic) bond motifs is 1. The van der Waals surface area contributed by atoms with Crippen LogP contribution in [-0.4, -0.2) is 58.8 Å². The van der Waals surface area contributed by atoms with Gasteiger partial charge in [0.2, 0.25) is 0 Å². The third-order valence-corrected chi connectivity index (χ3v) is 5.81. The highest BCUT2D eigenvalue weighted by Crippen LogP contribution is 2.38. The van der Waals surface area contributed by atoms with Gasteiger partial charge in [-0.2, -0.15) is 0 Å².